The highest BCUT2D eigenvalue weighted by Crippen LogP contribution is 2.22. The number of carbonyl (C=O) groups is 2. The minimum absolute atomic E-state index is 0.00516. The van der Waals surface area contributed by atoms with E-state index in [-0.39, 0.29) is 30.8 Å². The fraction of sp³-hybridized carbons (Fsp3) is 0.481. The van der Waals surface area contributed by atoms with Crippen molar-refractivity contribution in [2.75, 3.05) is 17.1 Å². The van der Waals surface area contributed by atoms with Crippen molar-refractivity contribution in [3.8, 4) is 0 Å². The van der Waals surface area contributed by atoms with Crippen LogP contribution < -0.4 is 9.62 Å². The standard InChI is InChI=1S/C27H38ClN3O4S/c1-6-21(4)29-27(33)25(7-2)30(19-22-12-10-20(3)11-13-22)26(32)9-8-18-31(36(5,34)35)24-16-14-23(28)15-17-24/h10-17,21,25H,6-9,18-19H2,1-5H3,(H,29,33)/t21-,25-/m0/s1. The number of anilines is 1. The van der Waals surface area contributed by atoms with Crippen molar-refractivity contribution < 1.29 is 18.0 Å². The van der Waals surface area contributed by atoms with Gasteiger partial charge < -0.3 is 10.2 Å². The maximum atomic E-state index is 13.4. The summed E-state index contributed by atoms with van der Waals surface area (Å²) in [6.45, 7) is 8.26. The van der Waals surface area contributed by atoms with Crippen molar-refractivity contribution in [3.63, 3.8) is 0 Å². The molecule has 0 saturated carbocycles. The molecule has 2 amide bonds. The molecule has 0 aromatic heterocycles. The van der Waals surface area contributed by atoms with Crippen LogP contribution in [0.1, 0.15) is 57.6 Å². The number of amides is 2. The SMILES string of the molecule is CC[C@H](C)NC(=O)[C@H](CC)N(Cc1ccc(C)cc1)C(=O)CCCN(c1ccc(Cl)cc1)S(C)(=O)=O. The number of benzene rings is 2. The van der Waals surface area contributed by atoms with E-state index in [0.29, 0.717) is 30.1 Å². The number of halogens is 1. The Hall–Kier alpha value is -2.58. The first kappa shape index (κ1) is 29.6. The lowest BCUT2D eigenvalue weighted by molar-refractivity contribution is -0.141. The van der Waals surface area contributed by atoms with E-state index in [1.807, 2.05) is 52.0 Å². The summed E-state index contributed by atoms with van der Waals surface area (Å²) in [5, 5.41) is 3.51. The van der Waals surface area contributed by atoms with Gasteiger partial charge >= 0.3 is 0 Å². The summed E-state index contributed by atoms with van der Waals surface area (Å²) in [6, 6.07) is 13.8. The average Bonchev–Trinajstić information content (AvgIpc) is 2.82. The Morgan fingerprint density at radius 3 is 2.14 bits per heavy atom. The van der Waals surface area contributed by atoms with Crippen LogP contribution in [0.25, 0.3) is 0 Å². The highest BCUT2D eigenvalue weighted by molar-refractivity contribution is 7.92. The molecule has 0 aliphatic carbocycles. The first-order chi connectivity index (χ1) is 17.0. The van der Waals surface area contributed by atoms with Crippen LogP contribution in [0.5, 0.6) is 0 Å². The predicted octanol–water partition coefficient (Wildman–Crippen LogP) is 4.92. The minimum Gasteiger partial charge on any atom is -0.352 e. The maximum Gasteiger partial charge on any atom is 0.243 e. The normalized spacial score (nSPS) is 13.1. The molecule has 0 heterocycles. The number of aryl methyl sites for hydroxylation is 1. The topological polar surface area (TPSA) is 86.8 Å². The minimum atomic E-state index is -3.55. The van der Waals surface area contributed by atoms with E-state index < -0.39 is 16.1 Å². The molecule has 0 radical (unpaired) electrons. The molecule has 0 saturated heterocycles. The molecule has 198 valence electrons. The fourth-order valence-corrected chi connectivity index (χ4v) is 4.95. The van der Waals surface area contributed by atoms with Crippen LogP contribution in [-0.2, 0) is 26.2 Å². The van der Waals surface area contributed by atoms with Crippen LogP contribution in [0, 0.1) is 6.92 Å². The van der Waals surface area contributed by atoms with Gasteiger partial charge in [0.15, 0.2) is 0 Å². The molecular weight excluding hydrogens is 498 g/mol. The number of hydrogen-bond donors (Lipinski definition) is 1. The van der Waals surface area contributed by atoms with Crippen LogP contribution in [-0.4, -0.2) is 50.0 Å². The third kappa shape index (κ3) is 8.82. The van der Waals surface area contributed by atoms with Gasteiger partial charge in [0.1, 0.15) is 6.04 Å². The number of carbonyl (C=O) groups excluding carboxylic acids is 2. The molecule has 7 nitrogen and oxygen atoms in total. The Morgan fingerprint density at radius 2 is 1.61 bits per heavy atom. The fourth-order valence-electron chi connectivity index (χ4n) is 3.86. The van der Waals surface area contributed by atoms with E-state index >= 15 is 0 Å². The van der Waals surface area contributed by atoms with Gasteiger partial charge in [-0.25, -0.2) is 8.42 Å². The van der Waals surface area contributed by atoms with Crippen molar-refractivity contribution in [2.24, 2.45) is 0 Å². The Bertz CT molecular complexity index is 1100. The molecule has 2 atom stereocenters. The molecule has 0 unspecified atom stereocenters. The zero-order valence-electron chi connectivity index (χ0n) is 21.8. The van der Waals surface area contributed by atoms with E-state index in [0.717, 1.165) is 23.8 Å². The van der Waals surface area contributed by atoms with Gasteiger partial charge in [-0.15, -0.1) is 0 Å². The zero-order chi connectivity index (χ0) is 26.9. The second kappa shape index (κ2) is 13.7. The van der Waals surface area contributed by atoms with E-state index in [2.05, 4.69) is 5.32 Å². The van der Waals surface area contributed by atoms with Crippen LogP contribution in [0.4, 0.5) is 5.69 Å². The third-order valence-electron chi connectivity index (χ3n) is 6.13. The van der Waals surface area contributed by atoms with Gasteiger partial charge in [-0.2, -0.15) is 0 Å². The summed E-state index contributed by atoms with van der Waals surface area (Å²) in [7, 11) is -3.55. The molecule has 0 fully saturated rings. The number of rotatable bonds is 13. The van der Waals surface area contributed by atoms with Crippen molar-refractivity contribution in [2.45, 2.75) is 72.0 Å². The van der Waals surface area contributed by atoms with Crippen LogP contribution in [0.15, 0.2) is 48.5 Å². The lowest BCUT2D eigenvalue weighted by Crippen LogP contribution is -2.50. The molecule has 0 bridgehead atoms. The number of hydrogen-bond acceptors (Lipinski definition) is 4. The summed E-state index contributed by atoms with van der Waals surface area (Å²) < 4.78 is 26.1. The summed E-state index contributed by atoms with van der Waals surface area (Å²) >= 11 is 5.95. The number of nitrogens with zero attached hydrogens (tertiary/aromatic N) is 2. The molecule has 2 aromatic rings. The summed E-state index contributed by atoms with van der Waals surface area (Å²) in [6.07, 6.45) is 2.82. The van der Waals surface area contributed by atoms with Gasteiger partial charge in [0.25, 0.3) is 0 Å². The molecule has 36 heavy (non-hydrogen) atoms. The lowest BCUT2D eigenvalue weighted by Gasteiger charge is -2.32. The largest absolute Gasteiger partial charge is 0.352 e. The van der Waals surface area contributed by atoms with Crippen molar-refractivity contribution >= 4 is 39.1 Å². The van der Waals surface area contributed by atoms with Gasteiger partial charge in [0, 0.05) is 30.6 Å². The average molecular weight is 536 g/mol. The second-order valence-corrected chi connectivity index (χ2v) is 11.5. The Labute approximate surface area is 220 Å². The van der Waals surface area contributed by atoms with E-state index in [9.17, 15) is 18.0 Å². The molecule has 2 aromatic carbocycles. The van der Waals surface area contributed by atoms with Crippen molar-refractivity contribution in [3.05, 3.63) is 64.7 Å². The summed E-state index contributed by atoms with van der Waals surface area (Å²) in [5.74, 6) is -0.363. The molecule has 0 spiro atoms. The number of sulfonamides is 1. The van der Waals surface area contributed by atoms with Crippen LogP contribution in [0.3, 0.4) is 0 Å². The van der Waals surface area contributed by atoms with Gasteiger partial charge in [-0.05, 0) is 62.9 Å². The quantitative estimate of drug-likeness (QED) is 0.394. The van der Waals surface area contributed by atoms with Crippen LogP contribution in [0.2, 0.25) is 5.02 Å². The predicted molar refractivity (Wildman–Crippen MR) is 147 cm³/mol. The summed E-state index contributed by atoms with van der Waals surface area (Å²) in [5.41, 5.74) is 2.54. The van der Waals surface area contributed by atoms with E-state index in [1.165, 1.54) is 4.31 Å². The van der Waals surface area contributed by atoms with Crippen molar-refractivity contribution in [1.82, 2.24) is 10.2 Å². The Morgan fingerprint density at radius 1 is 1.00 bits per heavy atom. The smallest absolute Gasteiger partial charge is 0.243 e. The Balaban J connectivity index is 2.21. The first-order valence-corrected chi connectivity index (χ1v) is 14.6. The zero-order valence-corrected chi connectivity index (χ0v) is 23.4. The monoisotopic (exact) mass is 535 g/mol. The van der Waals surface area contributed by atoms with Gasteiger partial charge in [0.05, 0.1) is 11.9 Å². The number of nitrogens with one attached hydrogen (secondary N) is 1. The van der Waals surface area contributed by atoms with Gasteiger partial charge in [0.2, 0.25) is 21.8 Å². The molecule has 0 aliphatic rings. The van der Waals surface area contributed by atoms with Crippen molar-refractivity contribution in [1.29, 1.82) is 0 Å². The van der Waals surface area contributed by atoms with Gasteiger partial charge in [-0.3, -0.25) is 13.9 Å². The third-order valence-corrected chi connectivity index (χ3v) is 7.57. The highest BCUT2D eigenvalue weighted by Gasteiger charge is 2.29. The first-order valence-electron chi connectivity index (χ1n) is 12.3. The molecule has 1 N–H and O–H groups in total. The maximum absolute atomic E-state index is 13.4. The van der Waals surface area contributed by atoms with E-state index in [1.54, 1.807) is 29.2 Å². The van der Waals surface area contributed by atoms with Gasteiger partial charge in [-0.1, -0.05) is 55.3 Å². The lowest BCUT2D eigenvalue weighted by atomic mass is 10.1. The molecule has 0 aliphatic heterocycles. The Kier molecular flexibility index (Phi) is 11.2. The molecule has 2 rings (SSSR count). The molecular formula is C27H38ClN3O4S. The molecule has 9 heteroatoms. The summed E-state index contributed by atoms with van der Waals surface area (Å²) in [4.78, 5) is 28.1. The second-order valence-electron chi connectivity index (χ2n) is 9.16. The van der Waals surface area contributed by atoms with Crippen LogP contribution >= 0.6 is 11.6 Å². The van der Waals surface area contributed by atoms with E-state index in [4.69, 9.17) is 11.6 Å². The highest BCUT2D eigenvalue weighted by atomic mass is 35.5.